The summed E-state index contributed by atoms with van der Waals surface area (Å²) in [5, 5.41) is 6.22. The van der Waals surface area contributed by atoms with Crippen LogP contribution in [-0.2, 0) is 13.5 Å². The molecule has 1 spiro atoms. The Bertz CT molecular complexity index is 1650. The van der Waals surface area contributed by atoms with Gasteiger partial charge < -0.3 is 10.6 Å². The van der Waals surface area contributed by atoms with Gasteiger partial charge >= 0.3 is 0 Å². The second kappa shape index (κ2) is 7.93. The maximum Gasteiger partial charge on any atom is 0.154 e. The fraction of sp³-hybridized carbons (Fsp3) is 0.296. The van der Waals surface area contributed by atoms with Crippen molar-refractivity contribution in [1.82, 2.24) is 24.1 Å². The summed E-state index contributed by atoms with van der Waals surface area (Å²) >= 11 is 13.3. The summed E-state index contributed by atoms with van der Waals surface area (Å²) < 4.78 is 3.69. The highest BCUT2D eigenvalue weighted by molar-refractivity contribution is 6.43. The fourth-order valence-electron chi connectivity index (χ4n) is 6.21. The van der Waals surface area contributed by atoms with E-state index in [2.05, 4.69) is 38.7 Å². The van der Waals surface area contributed by atoms with Gasteiger partial charge in [-0.2, -0.15) is 5.10 Å². The number of hydrogen-bond donors (Lipinski definition) is 1. The van der Waals surface area contributed by atoms with Crippen molar-refractivity contribution in [2.24, 2.45) is 18.2 Å². The molecule has 0 amide bonds. The largest absolute Gasteiger partial charge is 0.355 e. The van der Waals surface area contributed by atoms with E-state index in [1.165, 1.54) is 11.1 Å². The number of hydrogen-bond acceptors (Lipinski definition) is 5. The Morgan fingerprint density at radius 1 is 1.06 bits per heavy atom. The van der Waals surface area contributed by atoms with Crippen molar-refractivity contribution in [1.29, 1.82) is 0 Å². The zero-order valence-electron chi connectivity index (χ0n) is 19.8. The van der Waals surface area contributed by atoms with Gasteiger partial charge in [-0.15, -0.1) is 0 Å². The first-order valence-corrected chi connectivity index (χ1v) is 12.9. The van der Waals surface area contributed by atoms with Crippen LogP contribution < -0.4 is 10.6 Å². The molecule has 9 heteroatoms. The molecule has 1 saturated heterocycles. The molecule has 2 aromatic carbocycles. The quantitative estimate of drug-likeness (QED) is 0.337. The lowest BCUT2D eigenvalue weighted by Gasteiger charge is -2.42. The maximum atomic E-state index is 6.83. The Kier molecular flexibility index (Phi) is 4.87. The predicted molar refractivity (Wildman–Crippen MR) is 144 cm³/mol. The molecule has 1 fully saturated rings. The molecule has 36 heavy (non-hydrogen) atoms. The summed E-state index contributed by atoms with van der Waals surface area (Å²) in [7, 11) is 1.81. The summed E-state index contributed by atoms with van der Waals surface area (Å²) in [5.41, 5.74) is 12.2. The van der Waals surface area contributed by atoms with Gasteiger partial charge in [0.25, 0.3) is 0 Å². The average Bonchev–Trinajstić information content (AvgIpc) is 3.53. The lowest BCUT2D eigenvalue weighted by molar-refractivity contribution is 0.187. The van der Waals surface area contributed by atoms with E-state index in [-0.39, 0.29) is 11.5 Å². The maximum absolute atomic E-state index is 6.83. The third-order valence-electron chi connectivity index (χ3n) is 8.20. The summed E-state index contributed by atoms with van der Waals surface area (Å²) in [6.45, 7) is 1.82. The Hall–Kier alpha value is -3.13. The molecule has 1 aliphatic carbocycles. The number of imidazole rings is 1. The van der Waals surface area contributed by atoms with Crippen LogP contribution in [0.1, 0.15) is 30.0 Å². The number of nitrogens with two attached hydrogens (primary N) is 1. The zero-order valence-corrected chi connectivity index (χ0v) is 21.3. The van der Waals surface area contributed by atoms with Crippen LogP contribution in [0.15, 0.2) is 55.0 Å². The number of aryl methyl sites for hydroxylation is 1. The Morgan fingerprint density at radius 3 is 2.67 bits per heavy atom. The highest BCUT2D eigenvalue weighted by Gasteiger charge is 2.46. The Balaban J connectivity index is 1.22. The van der Waals surface area contributed by atoms with E-state index in [1.807, 2.05) is 30.7 Å². The lowest BCUT2D eigenvalue weighted by Crippen LogP contribution is -2.44. The molecule has 5 aromatic rings. The molecular formula is C27H25Cl2N7. The van der Waals surface area contributed by atoms with Crippen LogP contribution in [0.25, 0.3) is 27.8 Å². The fourth-order valence-corrected chi connectivity index (χ4v) is 6.82. The summed E-state index contributed by atoms with van der Waals surface area (Å²) in [6.07, 6.45) is 8.78. The predicted octanol–water partition coefficient (Wildman–Crippen LogP) is 5.43. The minimum absolute atomic E-state index is 0.0949. The molecule has 1 aliphatic heterocycles. The van der Waals surface area contributed by atoms with Crippen LogP contribution in [0.2, 0.25) is 10.2 Å². The van der Waals surface area contributed by atoms with E-state index in [9.17, 15) is 0 Å². The van der Waals surface area contributed by atoms with Crippen LogP contribution in [0.3, 0.4) is 0 Å². The second-order valence-electron chi connectivity index (χ2n) is 10.0. The van der Waals surface area contributed by atoms with Crippen LogP contribution in [-0.4, -0.2) is 37.2 Å². The zero-order chi connectivity index (χ0) is 24.6. The molecule has 2 aliphatic rings. The minimum atomic E-state index is 0.0949. The smallest absolute Gasteiger partial charge is 0.154 e. The SMILES string of the molecule is Cn1nc2ccc(-c3ncc4c(N5CCC6(CC5)Cc5ccccc5[C@H]6N)nccn34)c(Cl)c2c1Cl. The lowest BCUT2D eigenvalue weighted by atomic mass is 9.73. The first-order valence-electron chi connectivity index (χ1n) is 12.2. The summed E-state index contributed by atoms with van der Waals surface area (Å²) in [4.78, 5) is 11.9. The van der Waals surface area contributed by atoms with Crippen molar-refractivity contribution in [2.75, 3.05) is 18.0 Å². The van der Waals surface area contributed by atoms with Crippen molar-refractivity contribution < 1.29 is 0 Å². The first kappa shape index (κ1) is 22.1. The van der Waals surface area contributed by atoms with Gasteiger partial charge in [0.1, 0.15) is 16.5 Å². The number of fused-ring (bicyclic) bond motifs is 3. The number of anilines is 1. The molecule has 7 nitrogen and oxygen atoms in total. The number of halogens is 2. The van der Waals surface area contributed by atoms with E-state index in [1.54, 1.807) is 11.7 Å². The van der Waals surface area contributed by atoms with Gasteiger partial charge in [-0.1, -0.05) is 47.5 Å². The van der Waals surface area contributed by atoms with E-state index < -0.39 is 0 Å². The molecular weight excluding hydrogens is 493 g/mol. The molecule has 4 heterocycles. The van der Waals surface area contributed by atoms with Crippen molar-refractivity contribution >= 4 is 45.4 Å². The van der Waals surface area contributed by atoms with Crippen molar-refractivity contribution in [3.05, 3.63) is 76.3 Å². The Morgan fingerprint density at radius 2 is 1.86 bits per heavy atom. The highest BCUT2D eigenvalue weighted by atomic mass is 35.5. The van der Waals surface area contributed by atoms with Crippen LogP contribution in [0.4, 0.5) is 5.82 Å². The van der Waals surface area contributed by atoms with E-state index in [0.29, 0.717) is 10.2 Å². The number of nitrogens with zero attached hydrogens (tertiary/aromatic N) is 6. The van der Waals surface area contributed by atoms with Gasteiger partial charge in [0, 0.05) is 44.1 Å². The molecule has 7 rings (SSSR count). The number of aromatic nitrogens is 5. The van der Waals surface area contributed by atoms with Gasteiger partial charge in [0.05, 0.1) is 22.1 Å². The molecule has 182 valence electrons. The summed E-state index contributed by atoms with van der Waals surface area (Å²) in [5.74, 6) is 1.69. The van der Waals surface area contributed by atoms with Crippen LogP contribution in [0, 0.1) is 5.41 Å². The van der Waals surface area contributed by atoms with Gasteiger partial charge in [-0.25, -0.2) is 9.97 Å². The summed E-state index contributed by atoms with van der Waals surface area (Å²) in [6, 6.07) is 12.6. The molecule has 1 atom stereocenters. The minimum Gasteiger partial charge on any atom is -0.355 e. The van der Waals surface area contributed by atoms with Crippen molar-refractivity contribution in [3.8, 4) is 11.4 Å². The number of piperidine rings is 1. The van der Waals surface area contributed by atoms with Gasteiger partial charge in [0.15, 0.2) is 5.82 Å². The first-order chi connectivity index (χ1) is 17.5. The van der Waals surface area contributed by atoms with Crippen molar-refractivity contribution in [2.45, 2.75) is 25.3 Å². The number of rotatable bonds is 2. The van der Waals surface area contributed by atoms with E-state index in [0.717, 1.165) is 66.0 Å². The van der Waals surface area contributed by atoms with Gasteiger partial charge in [-0.05, 0) is 47.9 Å². The topological polar surface area (TPSA) is 77.3 Å². The van der Waals surface area contributed by atoms with E-state index >= 15 is 0 Å². The van der Waals surface area contributed by atoms with Crippen LogP contribution >= 0.6 is 23.2 Å². The van der Waals surface area contributed by atoms with Gasteiger partial charge in [0.2, 0.25) is 0 Å². The third kappa shape index (κ3) is 3.06. The molecule has 2 N–H and O–H groups in total. The van der Waals surface area contributed by atoms with E-state index in [4.69, 9.17) is 38.9 Å². The number of benzene rings is 2. The molecule has 3 aromatic heterocycles. The molecule has 0 unspecified atom stereocenters. The second-order valence-corrected chi connectivity index (χ2v) is 10.8. The molecule has 0 radical (unpaired) electrons. The highest BCUT2D eigenvalue weighted by Crippen LogP contribution is 2.51. The Labute approximate surface area is 218 Å². The van der Waals surface area contributed by atoms with Crippen LogP contribution in [0.5, 0.6) is 0 Å². The molecule has 0 bridgehead atoms. The monoisotopic (exact) mass is 517 g/mol. The normalized spacial score (nSPS) is 19.0. The average molecular weight is 518 g/mol. The van der Waals surface area contributed by atoms with Crippen molar-refractivity contribution in [3.63, 3.8) is 0 Å². The molecule has 0 saturated carbocycles. The van der Waals surface area contributed by atoms with Gasteiger partial charge in [-0.3, -0.25) is 9.08 Å². The third-order valence-corrected chi connectivity index (χ3v) is 9.02. The standard InChI is InChI=1S/C27H25Cl2N7/c1-34-24(29)21-19(33-34)7-6-18(22(21)28)25-32-15-20-26(31-10-13-36(20)25)35-11-8-27(9-12-35)14-16-4-2-3-5-17(16)23(27)30/h2-7,10,13,15,23H,8-9,11-12,14,30H2,1H3/t23-/m1/s1.